The number of nitrogens with zero attached hydrogens (tertiary/aromatic N) is 1. The van der Waals surface area contributed by atoms with E-state index >= 15 is 0 Å². The van der Waals surface area contributed by atoms with Gasteiger partial charge in [-0.15, -0.1) is 0 Å². The number of carbonyl (C=O) groups excluding carboxylic acids is 2. The highest BCUT2D eigenvalue weighted by atomic mass is 16.5. The van der Waals surface area contributed by atoms with Crippen LogP contribution in [0.15, 0.2) is 65.2 Å². The molecule has 2 aromatic carbocycles. The largest absolute Gasteiger partial charge is 0.497 e. The fraction of sp³-hybridized carbons (Fsp3) is 0.320. The van der Waals surface area contributed by atoms with Crippen molar-refractivity contribution in [2.24, 2.45) is 0 Å². The topological polar surface area (TPSA) is 103 Å². The van der Waals surface area contributed by atoms with Crippen molar-refractivity contribution in [3.8, 4) is 17.1 Å². The van der Waals surface area contributed by atoms with E-state index < -0.39 is 11.9 Å². The van der Waals surface area contributed by atoms with E-state index in [4.69, 9.17) is 14.0 Å². The molecule has 3 aromatic rings. The van der Waals surface area contributed by atoms with Crippen LogP contribution in [0, 0.1) is 0 Å². The Morgan fingerprint density at radius 3 is 2.64 bits per heavy atom. The molecule has 8 heteroatoms. The molecule has 2 heterocycles. The van der Waals surface area contributed by atoms with Crippen LogP contribution in [0.25, 0.3) is 11.3 Å². The number of hydrogen-bond donors (Lipinski definition) is 2. The van der Waals surface area contributed by atoms with E-state index in [0.717, 1.165) is 24.0 Å². The second-order valence-corrected chi connectivity index (χ2v) is 7.90. The SMILES string of the molecule is COc1ccc(-c2cc(C(=O)NC(Cc3ccccc3)C(=O)NCC3CCCO3)no2)cc1. The van der Waals surface area contributed by atoms with Crippen LogP contribution in [-0.4, -0.2) is 49.4 Å². The van der Waals surface area contributed by atoms with Gasteiger partial charge in [-0.05, 0) is 42.7 Å². The van der Waals surface area contributed by atoms with Crippen molar-refractivity contribution < 1.29 is 23.6 Å². The van der Waals surface area contributed by atoms with E-state index in [0.29, 0.717) is 31.1 Å². The summed E-state index contributed by atoms with van der Waals surface area (Å²) in [6, 6.07) is 17.6. The number of ether oxygens (including phenoxy) is 2. The van der Waals surface area contributed by atoms with Crippen LogP contribution in [0.3, 0.4) is 0 Å². The lowest BCUT2D eigenvalue weighted by Gasteiger charge is -2.19. The van der Waals surface area contributed by atoms with Crippen LogP contribution >= 0.6 is 0 Å². The van der Waals surface area contributed by atoms with E-state index in [2.05, 4.69) is 15.8 Å². The average molecular weight is 450 g/mol. The molecule has 0 bridgehead atoms. The van der Waals surface area contributed by atoms with Crippen LogP contribution in [0.1, 0.15) is 28.9 Å². The summed E-state index contributed by atoms with van der Waals surface area (Å²) in [5.41, 5.74) is 1.80. The van der Waals surface area contributed by atoms with E-state index in [9.17, 15) is 9.59 Å². The summed E-state index contributed by atoms with van der Waals surface area (Å²) >= 11 is 0. The van der Waals surface area contributed by atoms with Gasteiger partial charge in [0.2, 0.25) is 5.91 Å². The maximum absolute atomic E-state index is 12.9. The maximum Gasteiger partial charge on any atom is 0.274 e. The van der Waals surface area contributed by atoms with Crippen molar-refractivity contribution in [1.82, 2.24) is 15.8 Å². The van der Waals surface area contributed by atoms with E-state index in [-0.39, 0.29) is 17.7 Å². The summed E-state index contributed by atoms with van der Waals surface area (Å²) in [6.07, 6.45) is 2.29. The van der Waals surface area contributed by atoms with Crippen molar-refractivity contribution in [3.63, 3.8) is 0 Å². The highest BCUT2D eigenvalue weighted by Gasteiger charge is 2.25. The lowest BCUT2D eigenvalue weighted by Crippen LogP contribution is -2.49. The lowest BCUT2D eigenvalue weighted by molar-refractivity contribution is -0.123. The van der Waals surface area contributed by atoms with Crippen LogP contribution in [0.2, 0.25) is 0 Å². The molecule has 8 nitrogen and oxygen atoms in total. The number of aromatic nitrogens is 1. The fourth-order valence-corrected chi connectivity index (χ4v) is 3.71. The molecule has 0 radical (unpaired) electrons. The Kier molecular flexibility index (Phi) is 7.36. The summed E-state index contributed by atoms with van der Waals surface area (Å²) in [6.45, 7) is 1.14. The molecule has 2 N–H and O–H groups in total. The Morgan fingerprint density at radius 1 is 1.15 bits per heavy atom. The highest BCUT2D eigenvalue weighted by molar-refractivity contribution is 5.96. The minimum Gasteiger partial charge on any atom is -0.497 e. The summed E-state index contributed by atoms with van der Waals surface area (Å²) in [5, 5.41) is 9.61. The Morgan fingerprint density at radius 2 is 1.94 bits per heavy atom. The molecule has 0 spiro atoms. The Hall–Kier alpha value is -3.65. The van der Waals surface area contributed by atoms with Gasteiger partial charge in [0.15, 0.2) is 11.5 Å². The smallest absolute Gasteiger partial charge is 0.274 e. The minimum atomic E-state index is -0.762. The molecule has 0 aliphatic carbocycles. The summed E-state index contributed by atoms with van der Waals surface area (Å²) in [5.74, 6) is 0.424. The molecular weight excluding hydrogens is 422 g/mol. The number of nitrogens with one attached hydrogen (secondary N) is 2. The van der Waals surface area contributed by atoms with Gasteiger partial charge >= 0.3 is 0 Å². The molecule has 4 rings (SSSR count). The first-order chi connectivity index (χ1) is 16.1. The minimum absolute atomic E-state index is 0.0182. The maximum atomic E-state index is 12.9. The number of carbonyl (C=O) groups is 2. The first-order valence-corrected chi connectivity index (χ1v) is 11.0. The van der Waals surface area contributed by atoms with E-state index in [1.54, 1.807) is 25.3 Å². The lowest BCUT2D eigenvalue weighted by atomic mass is 10.0. The van der Waals surface area contributed by atoms with E-state index in [1.807, 2.05) is 42.5 Å². The predicted molar refractivity (Wildman–Crippen MR) is 122 cm³/mol. The molecular formula is C25H27N3O5. The van der Waals surface area contributed by atoms with E-state index in [1.165, 1.54) is 0 Å². The van der Waals surface area contributed by atoms with Gasteiger partial charge in [-0.3, -0.25) is 9.59 Å². The first-order valence-electron chi connectivity index (χ1n) is 11.0. The van der Waals surface area contributed by atoms with Gasteiger partial charge in [-0.2, -0.15) is 0 Å². The molecule has 1 saturated heterocycles. The fourth-order valence-electron chi connectivity index (χ4n) is 3.71. The summed E-state index contributed by atoms with van der Waals surface area (Å²) < 4.78 is 16.1. The number of rotatable bonds is 9. The molecule has 2 amide bonds. The normalized spacial score (nSPS) is 16.2. The number of amides is 2. The molecule has 33 heavy (non-hydrogen) atoms. The van der Waals surface area contributed by atoms with Gasteiger partial charge in [0.05, 0.1) is 13.2 Å². The van der Waals surface area contributed by atoms with Crippen LogP contribution in [-0.2, 0) is 16.0 Å². The average Bonchev–Trinajstić information content (AvgIpc) is 3.55. The van der Waals surface area contributed by atoms with Gasteiger partial charge < -0.3 is 24.6 Å². The van der Waals surface area contributed by atoms with Crippen LogP contribution in [0.5, 0.6) is 5.75 Å². The molecule has 2 atom stereocenters. The van der Waals surface area contributed by atoms with Gasteiger partial charge in [-0.25, -0.2) is 0 Å². The zero-order valence-electron chi connectivity index (χ0n) is 18.5. The molecule has 172 valence electrons. The zero-order chi connectivity index (χ0) is 23.0. The number of methoxy groups -OCH3 is 1. The first kappa shape index (κ1) is 22.5. The van der Waals surface area contributed by atoms with Crippen LogP contribution in [0.4, 0.5) is 0 Å². The molecule has 1 aromatic heterocycles. The van der Waals surface area contributed by atoms with Gasteiger partial charge in [0.25, 0.3) is 5.91 Å². The molecule has 1 fully saturated rings. The van der Waals surface area contributed by atoms with Crippen molar-refractivity contribution in [1.29, 1.82) is 0 Å². The van der Waals surface area contributed by atoms with Gasteiger partial charge in [0.1, 0.15) is 11.8 Å². The second-order valence-electron chi connectivity index (χ2n) is 7.90. The third-order valence-electron chi connectivity index (χ3n) is 5.55. The van der Waals surface area contributed by atoms with Gasteiger partial charge in [0, 0.05) is 31.2 Å². The number of benzene rings is 2. The predicted octanol–water partition coefficient (Wildman–Crippen LogP) is 2.99. The molecule has 1 aliphatic rings. The quantitative estimate of drug-likeness (QED) is 0.521. The molecule has 2 unspecified atom stereocenters. The summed E-state index contributed by atoms with van der Waals surface area (Å²) in [4.78, 5) is 25.8. The van der Waals surface area contributed by atoms with Gasteiger partial charge in [-0.1, -0.05) is 35.5 Å². The summed E-state index contributed by atoms with van der Waals surface area (Å²) in [7, 11) is 1.59. The van der Waals surface area contributed by atoms with Crippen molar-refractivity contribution in [2.45, 2.75) is 31.4 Å². The standard InChI is InChI=1S/C25H27N3O5/c1-31-19-11-9-18(10-12-19)23-15-22(28-33-23)25(30)27-21(14-17-6-3-2-4-7-17)24(29)26-16-20-8-5-13-32-20/h2-4,6-7,9-12,15,20-21H,5,8,13-14,16H2,1H3,(H,26,29)(H,27,30). The third kappa shape index (κ3) is 5.98. The van der Waals surface area contributed by atoms with Crippen molar-refractivity contribution in [2.75, 3.05) is 20.3 Å². The Bertz CT molecular complexity index is 1060. The van der Waals surface area contributed by atoms with Crippen molar-refractivity contribution >= 4 is 11.8 Å². The highest BCUT2D eigenvalue weighted by Crippen LogP contribution is 2.23. The Balaban J connectivity index is 1.44. The number of hydrogen-bond acceptors (Lipinski definition) is 6. The third-order valence-corrected chi connectivity index (χ3v) is 5.55. The monoisotopic (exact) mass is 449 g/mol. The van der Waals surface area contributed by atoms with Crippen LogP contribution < -0.4 is 15.4 Å². The molecule has 1 aliphatic heterocycles. The Labute approximate surface area is 192 Å². The molecule has 0 saturated carbocycles. The zero-order valence-corrected chi connectivity index (χ0v) is 18.5. The van der Waals surface area contributed by atoms with Crippen molar-refractivity contribution in [3.05, 3.63) is 71.9 Å². The second kappa shape index (κ2) is 10.8.